The van der Waals surface area contributed by atoms with Crippen molar-refractivity contribution >= 4 is 27.4 Å². The topological polar surface area (TPSA) is 68.7 Å². The van der Waals surface area contributed by atoms with E-state index in [-0.39, 0.29) is 6.04 Å². The van der Waals surface area contributed by atoms with Crippen LogP contribution < -0.4 is 14.8 Å². The largest absolute Gasteiger partial charge is 0.493 e. The first-order valence-electron chi connectivity index (χ1n) is 11.2. The number of aromatic nitrogens is 2. The second-order valence-electron chi connectivity index (χ2n) is 8.32. The standard InChI is InChI=1S/C24H30N4O3S/c1-15-26-23(22-17-5-4-6-21(17)32-24(22)27-15)25-14-18(28-9-11-31-12-10-28)16-7-8-19(29-2)20(13-16)30-3/h7-8,13,18H,4-6,9-12,14H2,1-3H3,(H,25,26,27)/t18-/m1/s1. The van der Waals surface area contributed by atoms with Gasteiger partial charge in [-0.1, -0.05) is 6.07 Å². The van der Waals surface area contributed by atoms with Crippen molar-refractivity contribution in [1.82, 2.24) is 14.9 Å². The number of thiophene rings is 1. The minimum Gasteiger partial charge on any atom is -0.493 e. The first-order valence-corrected chi connectivity index (χ1v) is 12.1. The third kappa shape index (κ3) is 4.02. The maximum Gasteiger partial charge on any atom is 0.161 e. The van der Waals surface area contributed by atoms with E-state index in [9.17, 15) is 0 Å². The molecule has 3 heterocycles. The average molecular weight is 455 g/mol. The van der Waals surface area contributed by atoms with Gasteiger partial charge in [0.2, 0.25) is 0 Å². The molecule has 1 aliphatic carbocycles. The average Bonchev–Trinajstić information content (AvgIpc) is 3.40. The summed E-state index contributed by atoms with van der Waals surface area (Å²) in [5.74, 6) is 3.27. The van der Waals surface area contributed by atoms with E-state index in [0.717, 1.165) is 73.7 Å². The van der Waals surface area contributed by atoms with Crippen LogP contribution in [-0.4, -0.2) is 61.9 Å². The smallest absolute Gasteiger partial charge is 0.161 e. The lowest BCUT2D eigenvalue weighted by Gasteiger charge is -2.35. The third-order valence-corrected chi connectivity index (χ3v) is 7.60. The van der Waals surface area contributed by atoms with E-state index in [1.165, 1.54) is 27.8 Å². The molecule has 1 saturated heterocycles. The summed E-state index contributed by atoms with van der Waals surface area (Å²) in [6, 6.07) is 6.37. The van der Waals surface area contributed by atoms with Crippen LogP contribution in [0.15, 0.2) is 18.2 Å². The van der Waals surface area contributed by atoms with Crippen molar-refractivity contribution in [3.8, 4) is 11.5 Å². The highest BCUT2D eigenvalue weighted by Gasteiger charge is 2.26. The second-order valence-corrected chi connectivity index (χ2v) is 9.40. The summed E-state index contributed by atoms with van der Waals surface area (Å²) in [4.78, 5) is 14.6. The zero-order valence-corrected chi connectivity index (χ0v) is 19.8. The molecule has 0 spiro atoms. The Morgan fingerprint density at radius 2 is 1.94 bits per heavy atom. The number of methoxy groups -OCH3 is 2. The number of fused-ring (bicyclic) bond motifs is 3. The van der Waals surface area contributed by atoms with Crippen molar-refractivity contribution in [3.63, 3.8) is 0 Å². The number of nitrogens with zero attached hydrogens (tertiary/aromatic N) is 3. The summed E-state index contributed by atoms with van der Waals surface area (Å²) in [7, 11) is 3.35. The van der Waals surface area contributed by atoms with Gasteiger partial charge in [0.15, 0.2) is 11.5 Å². The minimum absolute atomic E-state index is 0.163. The Morgan fingerprint density at radius 3 is 2.72 bits per heavy atom. The zero-order chi connectivity index (χ0) is 22.1. The third-order valence-electron chi connectivity index (χ3n) is 6.42. The summed E-state index contributed by atoms with van der Waals surface area (Å²) in [6.07, 6.45) is 3.52. The second kappa shape index (κ2) is 9.21. The number of ether oxygens (including phenoxy) is 3. The molecular formula is C24H30N4O3S. The monoisotopic (exact) mass is 454 g/mol. The van der Waals surface area contributed by atoms with Crippen LogP contribution in [0.1, 0.15) is 34.3 Å². The number of morpholine rings is 1. The van der Waals surface area contributed by atoms with Crippen LogP contribution in [0.25, 0.3) is 10.2 Å². The van der Waals surface area contributed by atoms with Crippen LogP contribution >= 0.6 is 11.3 Å². The SMILES string of the molecule is COc1ccc([C@@H](CNc2nc(C)nc3sc4c(c23)CCC4)N2CCOCC2)cc1OC. The van der Waals surface area contributed by atoms with Crippen molar-refractivity contribution in [1.29, 1.82) is 0 Å². The summed E-state index contributed by atoms with van der Waals surface area (Å²) >= 11 is 1.83. The number of hydrogen-bond acceptors (Lipinski definition) is 8. The van der Waals surface area contributed by atoms with E-state index in [2.05, 4.69) is 22.3 Å². The molecule has 2 aliphatic rings. The molecule has 1 atom stereocenters. The Morgan fingerprint density at radius 1 is 1.12 bits per heavy atom. The van der Waals surface area contributed by atoms with Gasteiger partial charge in [-0.15, -0.1) is 11.3 Å². The molecule has 8 heteroatoms. The predicted molar refractivity (Wildman–Crippen MR) is 127 cm³/mol. The molecule has 0 unspecified atom stereocenters. The number of benzene rings is 1. The minimum atomic E-state index is 0.163. The lowest BCUT2D eigenvalue weighted by atomic mass is 10.0. The van der Waals surface area contributed by atoms with Crippen molar-refractivity contribution in [3.05, 3.63) is 40.0 Å². The van der Waals surface area contributed by atoms with Gasteiger partial charge in [-0.05, 0) is 49.4 Å². The van der Waals surface area contributed by atoms with E-state index in [1.807, 2.05) is 24.3 Å². The van der Waals surface area contributed by atoms with Crippen LogP contribution in [0, 0.1) is 6.92 Å². The highest BCUT2D eigenvalue weighted by Crippen LogP contribution is 2.40. The molecule has 7 nitrogen and oxygen atoms in total. The van der Waals surface area contributed by atoms with E-state index >= 15 is 0 Å². The van der Waals surface area contributed by atoms with Crippen molar-refractivity contribution in [2.75, 3.05) is 52.4 Å². The molecule has 1 aromatic carbocycles. The van der Waals surface area contributed by atoms with E-state index < -0.39 is 0 Å². The molecule has 32 heavy (non-hydrogen) atoms. The molecular weight excluding hydrogens is 424 g/mol. The lowest BCUT2D eigenvalue weighted by Crippen LogP contribution is -2.41. The van der Waals surface area contributed by atoms with E-state index in [4.69, 9.17) is 24.2 Å². The fourth-order valence-corrected chi connectivity index (χ4v) is 6.14. The summed E-state index contributed by atoms with van der Waals surface area (Å²) < 4.78 is 16.7. The maximum absolute atomic E-state index is 5.62. The van der Waals surface area contributed by atoms with Crippen LogP contribution in [0.2, 0.25) is 0 Å². The quantitative estimate of drug-likeness (QED) is 0.579. The molecule has 5 rings (SSSR count). The Balaban J connectivity index is 1.48. The molecule has 0 radical (unpaired) electrons. The van der Waals surface area contributed by atoms with Gasteiger partial charge in [0.25, 0.3) is 0 Å². The Labute approximate surface area is 192 Å². The molecule has 1 fully saturated rings. The van der Waals surface area contributed by atoms with Gasteiger partial charge in [0, 0.05) is 24.5 Å². The zero-order valence-electron chi connectivity index (χ0n) is 18.9. The number of aryl methyl sites for hydroxylation is 3. The van der Waals surface area contributed by atoms with Crippen LogP contribution in [0.3, 0.4) is 0 Å². The molecule has 2 aromatic heterocycles. The van der Waals surface area contributed by atoms with Gasteiger partial charge in [-0.2, -0.15) is 0 Å². The van der Waals surface area contributed by atoms with Gasteiger partial charge in [0.1, 0.15) is 16.5 Å². The lowest BCUT2D eigenvalue weighted by molar-refractivity contribution is 0.0186. The van der Waals surface area contributed by atoms with Crippen LogP contribution in [0.5, 0.6) is 11.5 Å². The fourth-order valence-electron chi connectivity index (χ4n) is 4.83. The van der Waals surface area contributed by atoms with E-state index in [1.54, 1.807) is 14.2 Å². The predicted octanol–water partition coefficient (Wildman–Crippen LogP) is 3.99. The first-order chi connectivity index (χ1) is 15.7. The van der Waals surface area contributed by atoms with Gasteiger partial charge >= 0.3 is 0 Å². The van der Waals surface area contributed by atoms with Gasteiger partial charge in [-0.25, -0.2) is 9.97 Å². The summed E-state index contributed by atoms with van der Waals surface area (Å²) in [5, 5.41) is 4.93. The molecule has 170 valence electrons. The highest BCUT2D eigenvalue weighted by molar-refractivity contribution is 7.19. The van der Waals surface area contributed by atoms with Crippen LogP contribution in [0.4, 0.5) is 5.82 Å². The number of nitrogens with one attached hydrogen (secondary N) is 1. The Bertz CT molecular complexity index is 1110. The van der Waals surface area contributed by atoms with Crippen molar-refractivity contribution < 1.29 is 14.2 Å². The maximum atomic E-state index is 5.62. The van der Waals surface area contributed by atoms with Gasteiger partial charge in [-0.3, -0.25) is 4.90 Å². The molecule has 0 bridgehead atoms. The molecule has 0 saturated carbocycles. The number of hydrogen-bond donors (Lipinski definition) is 1. The Kier molecular flexibility index (Phi) is 6.17. The highest BCUT2D eigenvalue weighted by atomic mass is 32.1. The molecule has 0 amide bonds. The van der Waals surface area contributed by atoms with Crippen LogP contribution in [-0.2, 0) is 17.6 Å². The van der Waals surface area contributed by atoms with Gasteiger partial charge < -0.3 is 19.5 Å². The van der Waals surface area contributed by atoms with E-state index in [0.29, 0.717) is 0 Å². The molecule has 1 N–H and O–H groups in total. The Hall–Kier alpha value is -2.42. The summed E-state index contributed by atoms with van der Waals surface area (Å²) in [6.45, 7) is 6.01. The first kappa shape index (κ1) is 21.4. The van der Waals surface area contributed by atoms with Crippen molar-refractivity contribution in [2.45, 2.75) is 32.2 Å². The molecule has 1 aliphatic heterocycles. The number of rotatable bonds is 7. The number of anilines is 1. The fraction of sp³-hybridized carbons (Fsp3) is 0.500. The normalized spacial score (nSPS) is 17.3. The van der Waals surface area contributed by atoms with Crippen molar-refractivity contribution in [2.24, 2.45) is 0 Å². The molecule has 3 aromatic rings. The van der Waals surface area contributed by atoms with Gasteiger partial charge in [0.05, 0.1) is 38.9 Å². The summed E-state index contributed by atoms with van der Waals surface area (Å²) in [5.41, 5.74) is 2.64.